The number of aromatic nitrogens is 2. The molecule has 0 spiro atoms. The molecule has 0 amide bonds. The van der Waals surface area contributed by atoms with Gasteiger partial charge in [0.15, 0.2) is 0 Å². The zero-order valence-corrected chi connectivity index (χ0v) is 15.2. The lowest BCUT2D eigenvalue weighted by molar-refractivity contribution is 0.862. The minimum Gasteiger partial charge on any atom is -0.318 e. The van der Waals surface area contributed by atoms with E-state index in [1.807, 2.05) is 48.9 Å². The van der Waals surface area contributed by atoms with Gasteiger partial charge in [0.05, 0.1) is 17.1 Å². The van der Waals surface area contributed by atoms with E-state index in [9.17, 15) is 0 Å². The molecule has 1 aromatic carbocycles. The van der Waals surface area contributed by atoms with Crippen molar-refractivity contribution in [2.75, 3.05) is 0 Å². The highest BCUT2D eigenvalue weighted by Gasteiger charge is 2.04. The summed E-state index contributed by atoms with van der Waals surface area (Å²) in [5.41, 5.74) is 3.90. The van der Waals surface area contributed by atoms with E-state index in [1.54, 1.807) is 17.5 Å². The van der Waals surface area contributed by atoms with E-state index in [2.05, 4.69) is 48.6 Å². The van der Waals surface area contributed by atoms with E-state index in [1.165, 1.54) is 0 Å². The summed E-state index contributed by atoms with van der Waals surface area (Å²) >= 11 is 5.03. The maximum absolute atomic E-state index is 4.37. The van der Waals surface area contributed by atoms with Gasteiger partial charge in [-0.15, -0.1) is 16.4 Å². The Morgan fingerprint density at radius 2 is 1.96 bits per heavy atom. The lowest BCUT2D eigenvalue weighted by Crippen LogP contribution is -2.11. The van der Waals surface area contributed by atoms with Crippen molar-refractivity contribution in [3.8, 4) is 11.3 Å². The van der Waals surface area contributed by atoms with Crippen molar-refractivity contribution in [2.45, 2.75) is 6.92 Å². The van der Waals surface area contributed by atoms with Crippen LogP contribution in [0.25, 0.3) is 11.3 Å². The van der Waals surface area contributed by atoms with E-state index < -0.39 is 0 Å². The van der Waals surface area contributed by atoms with Crippen LogP contribution >= 0.6 is 27.3 Å². The smallest absolute Gasteiger partial charge is 0.210 e. The first kappa shape index (κ1) is 15.8. The molecule has 3 rings (SSSR count). The lowest BCUT2D eigenvalue weighted by Gasteiger charge is -2.02. The molecule has 0 aliphatic heterocycles. The standard InChI is InChI=1S/C17H15BrN4S/c1-12(15-5-3-4-10-19-15)20-21-17-22(2)16(11-23-17)13-6-8-14(18)9-7-13/h3-11H,1-2H3/b20-12+,21-17-. The van der Waals surface area contributed by atoms with Crippen LogP contribution in [0.2, 0.25) is 0 Å². The number of benzene rings is 1. The van der Waals surface area contributed by atoms with Gasteiger partial charge in [0.1, 0.15) is 0 Å². The summed E-state index contributed by atoms with van der Waals surface area (Å²) < 4.78 is 3.11. The highest BCUT2D eigenvalue weighted by molar-refractivity contribution is 9.10. The van der Waals surface area contributed by atoms with E-state index in [0.717, 1.165) is 31.9 Å². The predicted octanol–water partition coefficient (Wildman–Crippen LogP) is 4.24. The number of hydrogen-bond acceptors (Lipinski definition) is 4. The first-order chi connectivity index (χ1) is 11.1. The number of rotatable bonds is 3. The van der Waals surface area contributed by atoms with Gasteiger partial charge < -0.3 is 4.57 Å². The molecule has 0 radical (unpaired) electrons. The summed E-state index contributed by atoms with van der Waals surface area (Å²) in [6.07, 6.45) is 1.76. The minimum absolute atomic E-state index is 0.796. The van der Waals surface area contributed by atoms with Crippen LogP contribution in [0.15, 0.2) is 68.7 Å². The van der Waals surface area contributed by atoms with Gasteiger partial charge in [-0.25, -0.2) is 0 Å². The summed E-state index contributed by atoms with van der Waals surface area (Å²) in [7, 11) is 2.00. The monoisotopic (exact) mass is 386 g/mol. The van der Waals surface area contributed by atoms with Gasteiger partial charge in [-0.3, -0.25) is 4.98 Å². The Balaban J connectivity index is 1.94. The third-order valence-electron chi connectivity index (χ3n) is 3.39. The van der Waals surface area contributed by atoms with Crippen LogP contribution in [0.1, 0.15) is 12.6 Å². The number of hydrogen-bond donors (Lipinski definition) is 0. The van der Waals surface area contributed by atoms with Crippen LogP contribution in [0, 0.1) is 0 Å². The molecular weight excluding hydrogens is 372 g/mol. The van der Waals surface area contributed by atoms with E-state index >= 15 is 0 Å². The van der Waals surface area contributed by atoms with Crippen molar-refractivity contribution in [1.82, 2.24) is 9.55 Å². The molecule has 0 atom stereocenters. The lowest BCUT2D eigenvalue weighted by atomic mass is 10.2. The summed E-state index contributed by atoms with van der Waals surface area (Å²) in [6.45, 7) is 1.91. The number of nitrogens with zero attached hydrogens (tertiary/aromatic N) is 4. The Labute approximate surface area is 147 Å². The SMILES string of the molecule is C/C(=N\N=c1/scc(-c2ccc(Br)cc2)n1C)c1ccccn1. The molecule has 0 unspecified atom stereocenters. The van der Waals surface area contributed by atoms with Gasteiger partial charge >= 0.3 is 0 Å². The highest BCUT2D eigenvalue weighted by atomic mass is 79.9. The fourth-order valence-corrected chi connectivity index (χ4v) is 3.21. The molecule has 3 aromatic rings. The summed E-state index contributed by atoms with van der Waals surface area (Å²) in [5.74, 6) is 0. The first-order valence-corrected chi connectivity index (χ1v) is 8.72. The minimum atomic E-state index is 0.796. The Kier molecular flexibility index (Phi) is 4.83. The van der Waals surface area contributed by atoms with Gasteiger partial charge in [-0.2, -0.15) is 5.10 Å². The molecule has 2 heterocycles. The Morgan fingerprint density at radius 1 is 1.17 bits per heavy atom. The molecule has 2 aromatic heterocycles. The highest BCUT2D eigenvalue weighted by Crippen LogP contribution is 2.21. The van der Waals surface area contributed by atoms with Crippen molar-refractivity contribution >= 4 is 33.0 Å². The van der Waals surface area contributed by atoms with Crippen LogP contribution in [0.4, 0.5) is 0 Å². The average Bonchev–Trinajstić information content (AvgIpc) is 2.95. The van der Waals surface area contributed by atoms with E-state index in [-0.39, 0.29) is 0 Å². The van der Waals surface area contributed by atoms with Crippen molar-refractivity contribution in [3.05, 3.63) is 69.0 Å². The number of thiazole rings is 1. The molecule has 0 N–H and O–H groups in total. The van der Waals surface area contributed by atoms with Gasteiger partial charge in [0, 0.05) is 23.1 Å². The molecule has 23 heavy (non-hydrogen) atoms. The molecule has 4 nitrogen and oxygen atoms in total. The van der Waals surface area contributed by atoms with Crippen LogP contribution in [0.3, 0.4) is 0 Å². The number of halogens is 1. The first-order valence-electron chi connectivity index (χ1n) is 7.05. The van der Waals surface area contributed by atoms with Crippen molar-refractivity contribution in [2.24, 2.45) is 17.3 Å². The Morgan fingerprint density at radius 3 is 2.65 bits per heavy atom. The van der Waals surface area contributed by atoms with Gasteiger partial charge in [-0.05, 0) is 36.8 Å². The van der Waals surface area contributed by atoms with Gasteiger partial charge in [-0.1, -0.05) is 34.1 Å². The van der Waals surface area contributed by atoms with E-state index in [0.29, 0.717) is 0 Å². The molecule has 6 heteroatoms. The second-order valence-corrected chi connectivity index (χ2v) is 6.72. The zero-order valence-electron chi connectivity index (χ0n) is 12.8. The second-order valence-electron chi connectivity index (χ2n) is 4.97. The Hall–Kier alpha value is -2.05. The summed E-state index contributed by atoms with van der Waals surface area (Å²) in [4.78, 5) is 5.12. The zero-order chi connectivity index (χ0) is 16.2. The quantitative estimate of drug-likeness (QED) is 0.490. The van der Waals surface area contributed by atoms with Crippen molar-refractivity contribution < 1.29 is 0 Å². The van der Waals surface area contributed by atoms with Crippen molar-refractivity contribution in [3.63, 3.8) is 0 Å². The molecule has 0 saturated heterocycles. The Bertz CT molecular complexity index is 892. The van der Waals surface area contributed by atoms with E-state index in [4.69, 9.17) is 0 Å². The number of pyridine rings is 1. The molecule has 116 valence electrons. The largest absolute Gasteiger partial charge is 0.318 e. The molecule has 0 saturated carbocycles. The van der Waals surface area contributed by atoms with Crippen LogP contribution in [0.5, 0.6) is 0 Å². The van der Waals surface area contributed by atoms with Gasteiger partial charge in [0.2, 0.25) is 4.80 Å². The third kappa shape index (κ3) is 3.65. The van der Waals surface area contributed by atoms with Crippen LogP contribution in [-0.2, 0) is 7.05 Å². The third-order valence-corrected chi connectivity index (χ3v) is 4.82. The summed E-state index contributed by atoms with van der Waals surface area (Å²) in [6, 6.07) is 14.0. The molecule has 0 aliphatic rings. The molecular formula is C17H15BrN4S. The maximum Gasteiger partial charge on any atom is 0.210 e. The maximum atomic E-state index is 4.37. The van der Waals surface area contributed by atoms with Crippen LogP contribution < -0.4 is 4.80 Å². The van der Waals surface area contributed by atoms with Gasteiger partial charge in [0.25, 0.3) is 0 Å². The van der Waals surface area contributed by atoms with Crippen LogP contribution in [-0.4, -0.2) is 15.3 Å². The average molecular weight is 387 g/mol. The normalized spacial score (nSPS) is 12.7. The topological polar surface area (TPSA) is 42.5 Å². The fraction of sp³-hybridized carbons (Fsp3) is 0.118. The molecule has 0 fully saturated rings. The molecule has 0 aliphatic carbocycles. The molecule has 0 bridgehead atoms. The predicted molar refractivity (Wildman–Crippen MR) is 98.4 cm³/mol. The van der Waals surface area contributed by atoms with Crippen molar-refractivity contribution in [1.29, 1.82) is 0 Å². The fourth-order valence-electron chi connectivity index (χ4n) is 2.09. The second kappa shape index (κ2) is 7.02. The summed E-state index contributed by atoms with van der Waals surface area (Å²) in [5, 5.41) is 10.8.